The molecule has 0 atom stereocenters. The summed E-state index contributed by atoms with van der Waals surface area (Å²) < 4.78 is 0.633. The molecular formula is C10H8N2O2S. The Labute approximate surface area is 90.7 Å². The predicted octanol–water partition coefficient (Wildman–Crippen LogP) is 3.11. The van der Waals surface area contributed by atoms with Crippen LogP contribution >= 0.6 is 12.2 Å². The molecule has 0 unspecified atom stereocenters. The van der Waals surface area contributed by atoms with Crippen LogP contribution < -0.4 is 0 Å². The number of benzene rings is 1. The van der Waals surface area contributed by atoms with Crippen LogP contribution in [0.25, 0.3) is 10.9 Å². The van der Waals surface area contributed by atoms with Crippen LogP contribution in [0, 0.1) is 21.7 Å². The van der Waals surface area contributed by atoms with E-state index >= 15 is 0 Å². The Balaban J connectivity index is 2.82. The molecule has 2 aromatic rings. The van der Waals surface area contributed by atoms with Crippen molar-refractivity contribution < 1.29 is 4.92 Å². The molecule has 4 nitrogen and oxygen atoms in total. The number of aryl methyl sites for hydroxylation is 1. The second-order valence-electron chi connectivity index (χ2n) is 3.30. The van der Waals surface area contributed by atoms with Gasteiger partial charge in [-0.05, 0) is 24.6 Å². The Hall–Kier alpha value is -1.75. The van der Waals surface area contributed by atoms with Crippen LogP contribution in [0.5, 0.6) is 0 Å². The minimum atomic E-state index is -0.402. The second kappa shape index (κ2) is 3.43. The van der Waals surface area contributed by atoms with Crippen LogP contribution in [0.3, 0.4) is 0 Å². The Bertz CT molecular complexity index is 604. The maximum absolute atomic E-state index is 10.6. The summed E-state index contributed by atoms with van der Waals surface area (Å²) >= 11 is 5.02. The summed E-state index contributed by atoms with van der Waals surface area (Å²) in [5, 5.41) is 11.4. The van der Waals surface area contributed by atoms with Gasteiger partial charge in [-0.2, -0.15) is 0 Å². The number of hydrogen-bond donors (Lipinski definition) is 1. The van der Waals surface area contributed by atoms with E-state index in [1.807, 2.05) is 6.92 Å². The fourth-order valence-corrected chi connectivity index (χ4v) is 1.81. The lowest BCUT2D eigenvalue weighted by Crippen LogP contribution is -1.90. The summed E-state index contributed by atoms with van der Waals surface area (Å²) in [6.07, 6.45) is 0. The number of nitro benzene ring substituents is 1. The van der Waals surface area contributed by atoms with E-state index in [1.165, 1.54) is 6.07 Å². The molecule has 0 radical (unpaired) electrons. The number of nitrogens with one attached hydrogen (secondary N) is 1. The molecule has 0 spiro atoms. The molecule has 0 amide bonds. The van der Waals surface area contributed by atoms with Gasteiger partial charge in [-0.3, -0.25) is 10.1 Å². The molecule has 0 aliphatic rings. The number of nitrogens with zero attached hydrogens (tertiary/aromatic N) is 1. The second-order valence-corrected chi connectivity index (χ2v) is 3.74. The third-order valence-corrected chi connectivity index (χ3v) is 2.46. The number of aromatic amines is 1. The molecular weight excluding hydrogens is 212 g/mol. The van der Waals surface area contributed by atoms with Crippen molar-refractivity contribution >= 4 is 28.8 Å². The van der Waals surface area contributed by atoms with Gasteiger partial charge in [0.15, 0.2) is 0 Å². The SMILES string of the molecule is Cc1cc(=S)[nH]c2ccc([N+](=O)[O-])cc12. The van der Waals surface area contributed by atoms with Crippen molar-refractivity contribution in [3.8, 4) is 0 Å². The predicted molar refractivity (Wildman–Crippen MR) is 60.5 cm³/mol. The van der Waals surface area contributed by atoms with Gasteiger partial charge in [-0.1, -0.05) is 12.2 Å². The van der Waals surface area contributed by atoms with Crippen LogP contribution in [-0.4, -0.2) is 9.91 Å². The average Bonchev–Trinajstić information content (AvgIpc) is 2.16. The standard InChI is InChI=1S/C10H8N2O2S/c1-6-4-10(15)11-9-3-2-7(12(13)14)5-8(6)9/h2-5H,1H3,(H,11,15). The molecule has 0 saturated carbocycles. The quantitative estimate of drug-likeness (QED) is 0.456. The fourth-order valence-electron chi connectivity index (χ4n) is 1.52. The van der Waals surface area contributed by atoms with Crippen molar-refractivity contribution in [2.24, 2.45) is 0 Å². The van der Waals surface area contributed by atoms with Gasteiger partial charge >= 0.3 is 0 Å². The van der Waals surface area contributed by atoms with Gasteiger partial charge in [0.1, 0.15) is 4.64 Å². The Morgan fingerprint density at radius 1 is 1.40 bits per heavy atom. The van der Waals surface area contributed by atoms with E-state index < -0.39 is 4.92 Å². The van der Waals surface area contributed by atoms with Gasteiger partial charge in [0, 0.05) is 23.0 Å². The molecule has 2 rings (SSSR count). The van der Waals surface area contributed by atoms with Gasteiger partial charge in [0.25, 0.3) is 5.69 Å². The number of rotatable bonds is 1. The van der Waals surface area contributed by atoms with E-state index in [4.69, 9.17) is 12.2 Å². The number of pyridine rings is 1. The highest BCUT2D eigenvalue weighted by Gasteiger charge is 2.07. The number of fused-ring (bicyclic) bond motifs is 1. The summed E-state index contributed by atoms with van der Waals surface area (Å²) in [5.41, 5.74) is 1.86. The van der Waals surface area contributed by atoms with Gasteiger partial charge in [0.2, 0.25) is 0 Å². The third kappa shape index (κ3) is 1.73. The van der Waals surface area contributed by atoms with Crippen molar-refractivity contribution in [1.82, 2.24) is 4.98 Å². The molecule has 1 aromatic heterocycles. The molecule has 5 heteroatoms. The van der Waals surface area contributed by atoms with Crippen molar-refractivity contribution in [2.75, 3.05) is 0 Å². The molecule has 15 heavy (non-hydrogen) atoms. The molecule has 0 bridgehead atoms. The number of nitro groups is 1. The highest BCUT2D eigenvalue weighted by molar-refractivity contribution is 7.71. The Kier molecular flexibility index (Phi) is 2.24. The average molecular weight is 220 g/mol. The summed E-state index contributed by atoms with van der Waals surface area (Å²) in [6, 6.07) is 6.49. The lowest BCUT2D eigenvalue weighted by Gasteiger charge is -2.01. The lowest BCUT2D eigenvalue weighted by atomic mass is 10.1. The highest BCUT2D eigenvalue weighted by Crippen LogP contribution is 2.22. The molecule has 0 aliphatic carbocycles. The minimum Gasteiger partial charge on any atom is -0.346 e. The number of aromatic nitrogens is 1. The van der Waals surface area contributed by atoms with Gasteiger partial charge in [-0.15, -0.1) is 0 Å². The number of H-pyrrole nitrogens is 1. The van der Waals surface area contributed by atoms with Gasteiger partial charge < -0.3 is 4.98 Å². The zero-order valence-corrected chi connectivity index (χ0v) is 8.80. The molecule has 1 N–H and O–H groups in total. The minimum absolute atomic E-state index is 0.0936. The van der Waals surface area contributed by atoms with Gasteiger partial charge in [-0.25, -0.2) is 0 Å². The molecule has 0 saturated heterocycles. The van der Waals surface area contributed by atoms with Crippen molar-refractivity contribution in [1.29, 1.82) is 0 Å². The van der Waals surface area contributed by atoms with Crippen LogP contribution in [0.2, 0.25) is 0 Å². The summed E-state index contributed by atoms with van der Waals surface area (Å²) in [7, 11) is 0. The number of non-ortho nitro benzene ring substituents is 1. The molecule has 1 heterocycles. The van der Waals surface area contributed by atoms with Crippen molar-refractivity contribution in [3.63, 3.8) is 0 Å². The molecule has 0 fully saturated rings. The summed E-state index contributed by atoms with van der Waals surface area (Å²) in [4.78, 5) is 13.2. The topological polar surface area (TPSA) is 58.9 Å². The van der Waals surface area contributed by atoms with Crippen molar-refractivity contribution in [2.45, 2.75) is 6.92 Å². The van der Waals surface area contributed by atoms with Crippen LogP contribution in [0.4, 0.5) is 5.69 Å². The van der Waals surface area contributed by atoms with E-state index in [1.54, 1.807) is 18.2 Å². The maximum Gasteiger partial charge on any atom is 0.270 e. The normalized spacial score (nSPS) is 10.5. The van der Waals surface area contributed by atoms with Crippen LogP contribution in [0.1, 0.15) is 5.56 Å². The van der Waals surface area contributed by atoms with Crippen LogP contribution in [-0.2, 0) is 0 Å². The lowest BCUT2D eigenvalue weighted by molar-refractivity contribution is -0.384. The van der Waals surface area contributed by atoms with E-state index in [-0.39, 0.29) is 5.69 Å². The Morgan fingerprint density at radius 2 is 2.13 bits per heavy atom. The summed E-state index contributed by atoms with van der Waals surface area (Å²) in [6.45, 7) is 1.88. The summed E-state index contributed by atoms with van der Waals surface area (Å²) in [5.74, 6) is 0. The smallest absolute Gasteiger partial charge is 0.270 e. The Morgan fingerprint density at radius 3 is 2.80 bits per heavy atom. The zero-order valence-electron chi connectivity index (χ0n) is 7.98. The van der Waals surface area contributed by atoms with E-state index in [0.29, 0.717) is 4.64 Å². The monoisotopic (exact) mass is 220 g/mol. The first-order chi connectivity index (χ1) is 7.08. The first-order valence-electron chi connectivity index (χ1n) is 4.36. The molecule has 76 valence electrons. The largest absolute Gasteiger partial charge is 0.346 e. The zero-order chi connectivity index (χ0) is 11.0. The van der Waals surface area contributed by atoms with Gasteiger partial charge in [0.05, 0.1) is 4.92 Å². The molecule has 0 aliphatic heterocycles. The highest BCUT2D eigenvalue weighted by atomic mass is 32.1. The van der Waals surface area contributed by atoms with Crippen LogP contribution in [0.15, 0.2) is 24.3 Å². The third-order valence-electron chi connectivity index (χ3n) is 2.24. The maximum atomic E-state index is 10.6. The fraction of sp³-hybridized carbons (Fsp3) is 0.100. The number of hydrogen-bond acceptors (Lipinski definition) is 3. The van der Waals surface area contributed by atoms with E-state index in [9.17, 15) is 10.1 Å². The first-order valence-corrected chi connectivity index (χ1v) is 4.77. The van der Waals surface area contributed by atoms with E-state index in [0.717, 1.165) is 16.5 Å². The van der Waals surface area contributed by atoms with Crippen molar-refractivity contribution in [3.05, 3.63) is 44.6 Å². The first kappa shape index (κ1) is 9.79. The molecule has 1 aromatic carbocycles. The van der Waals surface area contributed by atoms with E-state index in [2.05, 4.69) is 4.98 Å².